The molecule has 0 saturated carbocycles. The summed E-state index contributed by atoms with van der Waals surface area (Å²) in [6.07, 6.45) is -1.06. The van der Waals surface area contributed by atoms with Crippen molar-refractivity contribution < 1.29 is 47.6 Å². The molecule has 0 radical (unpaired) electrons. The second kappa shape index (κ2) is 16.7. The molecule has 1 fully saturated rings. The molecule has 1 saturated heterocycles. The summed E-state index contributed by atoms with van der Waals surface area (Å²) in [4.78, 5) is 50.1. The summed E-state index contributed by atoms with van der Waals surface area (Å²) in [5, 5.41) is 0. The lowest BCUT2D eigenvalue weighted by molar-refractivity contribution is -0.261. The molecule has 1 aliphatic rings. The predicted octanol–water partition coefficient (Wildman–Crippen LogP) is 4.51. The maximum absolute atomic E-state index is 12.7. The van der Waals surface area contributed by atoms with E-state index in [4.69, 9.17) is 28.4 Å². The van der Waals surface area contributed by atoms with Crippen LogP contribution in [0, 0.1) is 0 Å². The molecule has 0 aliphatic carbocycles. The Labute approximate surface area is 224 Å². The molecule has 4 atom stereocenters. The van der Waals surface area contributed by atoms with Crippen molar-refractivity contribution in [3.63, 3.8) is 0 Å². The quantitative estimate of drug-likeness (QED) is 0.180. The van der Waals surface area contributed by atoms with Gasteiger partial charge in [0, 0.05) is 19.3 Å². The maximum Gasteiger partial charge on any atom is 0.341 e. The van der Waals surface area contributed by atoms with Crippen LogP contribution in [0.3, 0.4) is 0 Å². The first-order valence-corrected chi connectivity index (χ1v) is 13.5. The number of hydrogen-bond donors (Lipinski definition) is 0. The van der Waals surface area contributed by atoms with Gasteiger partial charge in [0.2, 0.25) is 12.4 Å². The number of hydrogen-bond acceptors (Lipinski definition) is 10. The number of carbonyl (C=O) groups excluding carboxylic acids is 4. The predicted molar refractivity (Wildman–Crippen MR) is 136 cm³/mol. The molecule has 0 unspecified atom stereocenters. The van der Waals surface area contributed by atoms with Gasteiger partial charge in [-0.3, -0.25) is 14.4 Å². The largest absolute Gasteiger partial charge is 0.462 e. The molecule has 1 aliphatic heterocycles. The molecular formula is C28H40O10. The molecule has 1 heterocycles. The van der Waals surface area contributed by atoms with Gasteiger partial charge in [-0.1, -0.05) is 46.2 Å². The van der Waals surface area contributed by atoms with Crippen LogP contribution in [0.25, 0.3) is 0 Å². The summed E-state index contributed by atoms with van der Waals surface area (Å²) in [6.45, 7) is 7.56. The first-order chi connectivity index (χ1) is 18.3. The molecular weight excluding hydrogens is 496 g/mol. The monoisotopic (exact) mass is 536 g/mol. The van der Waals surface area contributed by atoms with Gasteiger partial charge in [-0.25, -0.2) is 4.79 Å². The molecule has 1 aromatic carbocycles. The van der Waals surface area contributed by atoms with E-state index in [0.717, 1.165) is 12.8 Å². The Morgan fingerprint density at radius 3 is 1.97 bits per heavy atom. The smallest absolute Gasteiger partial charge is 0.341 e. The summed E-state index contributed by atoms with van der Waals surface area (Å²) < 4.78 is 34.1. The summed E-state index contributed by atoms with van der Waals surface area (Å²) in [7, 11) is 0. The minimum atomic E-state index is -1.26. The van der Waals surface area contributed by atoms with E-state index in [0.29, 0.717) is 19.3 Å². The van der Waals surface area contributed by atoms with Crippen molar-refractivity contribution in [1.29, 1.82) is 0 Å². The molecule has 38 heavy (non-hydrogen) atoms. The van der Waals surface area contributed by atoms with Crippen LogP contribution in [0.4, 0.5) is 0 Å². The molecule has 10 heteroatoms. The van der Waals surface area contributed by atoms with E-state index in [1.807, 2.05) is 27.7 Å². The van der Waals surface area contributed by atoms with Crippen molar-refractivity contribution in [3.8, 4) is 5.75 Å². The van der Waals surface area contributed by atoms with Gasteiger partial charge < -0.3 is 28.4 Å². The van der Waals surface area contributed by atoms with E-state index in [1.54, 1.807) is 24.3 Å². The normalized spacial score (nSPS) is 20.7. The third-order valence-corrected chi connectivity index (χ3v) is 5.64. The van der Waals surface area contributed by atoms with E-state index < -0.39 is 48.5 Å². The van der Waals surface area contributed by atoms with Gasteiger partial charge in [0.1, 0.15) is 11.3 Å². The van der Waals surface area contributed by atoms with E-state index in [1.165, 1.54) is 0 Å². The molecule has 10 nitrogen and oxygen atoms in total. The molecule has 1 aromatic rings. The maximum atomic E-state index is 12.7. The lowest BCUT2D eigenvalue weighted by Crippen LogP contribution is -2.59. The highest BCUT2D eigenvalue weighted by Gasteiger charge is 2.49. The van der Waals surface area contributed by atoms with Gasteiger partial charge >= 0.3 is 23.9 Å². The second-order valence-corrected chi connectivity index (χ2v) is 8.99. The van der Waals surface area contributed by atoms with Crippen molar-refractivity contribution in [2.24, 2.45) is 0 Å². The van der Waals surface area contributed by atoms with Crippen LogP contribution in [-0.2, 0) is 38.1 Å². The third-order valence-electron chi connectivity index (χ3n) is 5.64. The SMILES string of the molecule is CCCCOC(=O)c1ccccc1O[C@@H]1OC[C@@H](OC(=O)CCC)[C@H](OC(=O)CCC)[C@H]1OC(=O)CCC. The van der Waals surface area contributed by atoms with Gasteiger partial charge in [-0.15, -0.1) is 0 Å². The first-order valence-electron chi connectivity index (χ1n) is 13.5. The van der Waals surface area contributed by atoms with Gasteiger partial charge in [0.15, 0.2) is 12.2 Å². The summed E-state index contributed by atoms with van der Waals surface area (Å²) in [5.74, 6) is -2.00. The van der Waals surface area contributed by atoms with E-state index >= 15 is 0 Å². The highest BCUT2D eigenvalue weighted by molar-refractivity contribution is 5.92. The van der Waals surface area contributed by atoms with Crippen LogP contribution < -0.4 is 4.74 Å². The van der Waals surface area contributed by atoms with Crippen LogP contribution in [-0.4, -0.2) is 61.7 Å². The van der Waals surface area contributed by atoms with E-state index in [9.17, 15) is 19.2 Å². The van der Waals surface area contributed by atoms with Crippen molar-refractivity contribution in [3.05, 3.63) is 29.8 Å². The Morgan fingerprint density at radius 2 is 1.37 bits per heavy atom. The van der Waals surface area contributed by atoms with Crippen molar-refractivity contribution in [2.45, 2.75) is 104 Å². The fraction of sp³-hybridized carbons (Fsp3) is 0.643. The Bertz CT molecular complexity index is 915. The van der Waals surface area contributed by atoms with Crippen LogP contribution in [0.15, 0.2) is 24.3 Å². The van der Waals surface area contributed by atoms with Gasteiger partial charge in [0.25, 0.3) is 0 Å². The molecule has 0 bridgehead atoms. The molecule has 2 rings (SSSR count). The zero-order valence-corrected chi connectivity index (χ0v) is 22.8. The van der Waals surface area contributed by atoms with E-state index in [2.05, 4.69) is 0 Å². The highest BCUT2D eigenvalue weighted by Crippen LogP contribution is 2.29. The zero-order valence-electron chi connectivity index (χ0n) is 22.8. The summed E-state index contributed by atoms with van der Waals surface area (Å²) >= 11 is 0. The Kier molecular flexibility index (Phi) is 13.6. The minimum absolute atomic E-state index is 0.111. The topological polar surface area (TPSA) is 124 Å². The number of unbranched alkanes of at least 4 members (excludes halogenated alkanes) is 1. The average Bonchev–Trinajstić information content (AvgIpc) is 2.88. The lowest BCUT2D eigenvalue weighted by Gasteiger charge is -2.40. The van der Waals surface area contributed by atoms with Crippen molar-refractivity contribution in [2.75, 3.05) is 13.2 Å². The van der Waals surface area contributed by atoms with Crippen molar-refractivity contribution >= 4 is 23.9 Å². The fourth-order valence-electron chi connectivity index (χ4n) is 3.73. The lowest BCUT2D eigenvalue weighted by atomic mass is 10.0. The second-order valence-electron chi connectivity index (χ2n) is 8.99. The molecule has 212 valence electrons. The van der Waals surface area contributed by atoms with Gasteiger partial charge in [0.05, 0.1) is 13.2 Å². The number of ether oxygens (including phenoxy) is 6. The highest BCUT2D eigenvalue weighted by atomic mass is 16.7. The van der Waals surface area contributed by atoms with Gasteiger partial charge in [-0.05, 0) is 37.8 Å². The third kappa shape index (κ3) is 9.63. The standard InChI is InChI=1S/C28H40O10/c1-5-9-17-33-27(32)19-15-10-11-16-20(19)36-28-26(38-24(31)14-8-4)25(37-23(30)13-7-3)21(18-34-28)35-22(29)12-6-2/h10-11,15-16,21,25-26,28H,5-9,12-14,17-18H2,1-4H3/t21-,25+,26-,28+/m1/s1. The number of carbonyl (C=O) groups is 4. The fourth-order valence-corrected chi connectivity index (χ4v) is 3.73. The van der Waals surface area contributed by atoms with Gasteiger partial charge in [-0.2, -0.15) is 0 Å². The van der Waals surface area contributed by atoms with Crippen LogP contribution in [0.5, 0.6) is 5.75 Å². The van der Waals surface area contributed by atoms with Crippen LogP contribution in [0.2, 0.25) is 0 Å². The Morgan fingerprint density at radius 1 is 0.789 bits per heavy atom. The first kappa shape index (κ1) is 31.1. The number of para-hydroxylation sites is 1. The zero-order chi connectivity index (χ0) is 27.9. The number of rotatable bonds is 15. The number of esters is 4. The van der Waals surface area contributed by atoms with E-state index in [-0.39, 0.29) is 43.8 Å². The molecule has 0 aromatic heterocycles. The summed E-state index contributed by atoms with van der Waals surface area (Å²) in [6, 6.07) is 6.46. The molecule has 0 spiro atoms. The summed E-state index contributed by atoms with van der Waals surface area (Å²) in [5.41, 5.74) is 0.168. The average molecular weight is 537 g/mol. The van der Waals surface area contributed by atoms with Crippen LogP contribution in [0.1, 0.15) is 89.4 Å². The molecule has 0 amide bonds. The molecule has 0 N–H and O–H groups in total. The number of benzene rings is 1. The minimum Gasteiger partial charge on any atom is -0.462 e. The van der Waals surface area contributed by atoms with Crippen molar-refractivity contribution in [1.82, 2.24) is 0 Å². The Hall–Kier alpha value is -3.14. The Balaban J connectivity index is 2.37. The van der Waals surface area contributed by atoms with Crippen LogP contribution >= 0.6 is 0 Å².